The van der Waals surface area contributed by atoms with Gasteiger partial charge in [-0.15, -0.1) is 0 Å². The minimum absolute atomic E-state index is 0.158. The van der Waals surface area contributed by atoms with Crippen molar-refractivity contribution in [3.8, 4) is 0 Å². The van der Waals surface area contributed by atoms with Gasteiger partial charge in [0, 0.05) is 12.8 Å². The fraction of sp³-hybridized carbons (Fsp3) is 0.833. The summed E-state index contributed by atoms with van der Waals surface area (Å²) in [7, 11) is 0. The number of hydrogen-bond acceptors (Lipinski definition) is 2. The Morgan fingerprint density at radius 2 is 2.14 bits per heavy atom. The Bertz CT molecular complexity index is 241. The van der Waals surface area contributed by atoms with Crippen molar-refractivity contribution in [2.45, 2.75) is 52.9 Å². The molecule has 0 bridgehead atoms. The summed E-state index contributed by atoms with van der Waals surface area (Å²) in [6.45, 7) is 6.27. The minimum Gasteiger partial charge on any atom is -0.299 e. The molecule has 0 N–H and O–H groups in total. The molecule has 0 radical (unpaired) electrons. The molecular formula is C12H20O2. The van der Waals surface area contributed by atoms with Crippen molar-refractivity contribution in [1.29, 1.82) is 0 Å². The number of carbonyl (C=O) groups is 2. The number of Topliss-reactive ketones (excluding diaryl/α,β-unsaturated/α-hetero) is 2. The zero-order valence-electron chi connectivity index (χ0n) is 9.43. The summed E-state index contributed by atoms with van der Waals surface area (Å²) in [5.74, 6) is 0.0340. The Balaban J connectivity index is 2.66. The molecule has 2 nitrogen and oxygen atoms in total. The lowest BCUT2D eigenvalue weighted by molar-refractivity contribution is -0.136. The summed E-state index contributed by atoms with van der Waals surface area (Å²) >= 11 is 0. The molecule has 1 saturated carbocycles. The quantitative estimate of drug-likeness (QED) is 0.650. The van der Waals surface area contributed by atoms with E-state index in [1.54, 1.807) is 0 Å². The molecule has 1 atom stereocenters. The monoisotopic (exact) mass is 196 g/mol. The van der Waals surface area contributed by atoms with Crippen LogP contribution in [0.3, 0.4) is 0 Å². The van der Waals surface area contributed by atoms with Gasteiger partial charge in [0.1, 0.15) is 11.6 Å². The van der Waals surface area contributed by atoms with Crippen molar-refractivity contribution in [2.24, 2.45) is 11.3 Å². The molecule has 1 fully saturated rings. The van der Waals surface area contributed by atoms with Crippen molar-refractivity contribution in [1.82, 2.24) is 0 Å². The highest BCUT2D eigenvalue weighted by Gasteiger charge is 2.36. The SMILES string of the molecule is CCCC(=O)C1CC(C)(C)CCC1=O. The van der Waals surface area contributed by atoms with Gasteiger partial charge in [0.15, 0.2) is 0 Å². The molecule has 1 aliphatic carbocycles. The van der Waals surface area contributed by atoms with Gasteiger partial charge in [-0.2, -0.15) is 0 Å². The van der Waals surface area contributed by atoms with Crippen LogP contribution >= 0.6 is 0 Å². The molecule has 0 saturated heterocycles. The van der Waals surface area contributed by atoms with Crippen LogP contribution in [0.4, 0.5) is 0 Å². The average Bonchev–Trinajstić information content (AvgIpc) is 2.10. The fourth-order valence-corrected chi connectivity index (χ4v) is 2.12. The maximum absolute atomic E-state index is 11.7. The normalized spacial score (nSPS) is 26.2. The van der Waals surface area contributed by atoms with E-state index in [0.29, 0.717) is 12.8 Å². The molecule has 1 rings (SSSR count). The molecule has 80 valence electrons. The molecule has 0 amide bonds. The van der Waals surface area contributed by atoms with Crippen LogP contribution in [0.25, 0.3) is 0 Å². The summed E-state index contributed by atoms with van der Waals surface area (Å²) in [4.78, 5) is 23.3. The highest BCUT2D eigenvalue weighted by Crippen LogP contribution is 2.37. The van der Waals surface area contributed by atoms with Crippen LogP contribution in [0.1, 0.15) is 52.9 Å². The van der Waals surface area contributed by atoms with Crippen LogP contribution in [0.15, 0.2) is 0 Å². The Labute approximate surface area is 86.1 Å². The van der Waals surface area contributed by atoms with E-state index in [0.717, 1.165) is 19.3 Å². The van der Waals surface area contributed by atoms with E-state index in [1.165, 1.54) is 0 Å². The number of carbonyl (C=O) groups excluding carboxylic acids is 2. The first-order valence-electron chi connectivity index (χ1n) is 5.52. The Kier molecular flexibility index (Phi) is 3.46. The largest absolute Gasteiger partial charge is 0.299 e. The van der Waals surface area contributed by atoms with Crippen LogP contribution in [-0.2, 0) is 9.59 Å². The van der Waals surface area contributed by atoms with E-state index >= 15 is 0 Å². The van der Waals surface area contributed by atoms with Crippen molar-refractivity contribution in [2.75, 3.05) is 0 Å². The summed E-state index contributed by atoms with van der Waals surface area (Å²) < 4.78 is 0. The predicted molar refractivity (Wildman–Crippen MR) is 56.0 cm³/mol. The van der Waals surface area contributed by atoms with Crippen LogP contribution < -0.4 is 0 Å². The molecule has 2 heteroatoms. The predicted octanol–water partition coefficient (Wildman–Crippen LogP) is 2.75. The second-order valence-electron chi connectivity index (χ2n) is 5.10. The Hall–Kier alpha value is -0.660. The van der Waals surface area contributed by atoms with Crippen LogP contribution in [-0.4, -0.2) is 11.6 Å². The molecule has 1 unspecified atom stereocenters. The van der Waals surface area contributed by atoms with Gasteiger partial charge in [0.25, 0.3) is 0 Å². The van der Waals surface area contributed by atoms with Crippen molar-refractivity contribution in [3.63, 3.8) is 0 Å². The zero-order valence-corrected chi connectivity index (χ0v) is 9.43. The first kappa shape index (κ1) is 11.4. The molecule has 0 heterocycles. The lowest BCUT2D eigenvalue weighted by Gasteiger charge is -2.33. The van der Waals surface area contributed by atoms with Crippen molar-refractivity contribution in [3.05, 3.63) is 0 Å². The van der Waals surface area contributed by atoms with Crippen molar-refractivity contribution < 1.29 is 9.59 Å². The summed E-state index contributed by atoms with van der Waals surface area (Å²) in [5, 5.41) is 0. The lowest BCUT2D eigenvalue weighted by Crippen LogP contribution is -2.34. The minimum atomic E-state index is -0.293. The molecule has 0 aromatic heterocycles. The van der Waals surface area contributed by atoms with Gasteiger partial charge in [0.05, 0.1) is 5.92 Å². The van der Waals surface area contributed by atoms with Gasteiger partial charge in [-0.25, -0.2) is 0 Å². The second kappa shape index (κ2) is 4.24. The number of ketones is 2. The van der Waals surface area contributed by atoms with Gasteiger partial charge in [-0.3, -0.25) is 9.59 Å². The maximum atomic E-state index is 11.7. The molecule has 1 aliphatic rings. The van der Waals surface area contributed by atoms with Crippen LogP contribution in [0.5, 0.6) is 0 Å². The van der Waals surface area contributed by atoms with E-state index < -0.39 is 0 Å². The van der Waals surface area contributed by atoms with E-state index in [2.05, 4.69) is 13.8 Å². The molecule has 0 aromatic carbocycles. The zero-order chi connectivity index (χ0) is 10.8. The number of rotatable bonds is 3. The van der Waals surface area contributed by atoms with Gasteiger partial charge in [-0.1, -0.05) is 20.8 Å². The standard InChI is InChI=1S/C12H20O2/c1-4-5-10(13)9-8-12(2,3)7-6-11(9)14/h9H,4-8H2,1-3H3. The molecule has 0 aromatic rings. The van der Waals surface area contributed by atoms with Gasteiger partial charge in [-0.05, 0) is 24.7 Å². The molecule has 0 aliphatic heterocycles. The third-order valence-electron chi connectivity index (χ3n) is 3.08. The van der Waals surface area contributed by atoms with Gasteiger partial charge < -0.3 is 0 Å². The van der Waals surface area contributed by atoms with E-state index in [-0.39, 0.29) is 22.9 Å². The van der Waals surface area contributed by atoms with Crippen LogP contribution in [0, 0.1) is 11.3 Å². The summed E-state index contributed by atoms with van der Waals surface area (Å²) in [5.41, 5.74) is 0.169. The van der Waals surface area contributed by atoms with Gasteiger partial charge in [0.2, 0.25) is 0 Å². The number of hydrogen-bond donors (Lipinski definition) is 0. The van der Waals surface area contributed by atoms with Crippen molar-refractivity contribution >= 4 is 11.6 Å². The third kappa shape index (κ3) is 2.66. The first-order chi connectivity index (χ1) is 6.46. The van der Waals surface area contributed by atoms with Crippen LogP contribution in [0.2, 0.25) is 0 Å². The van der Waals surface area contributed by atoms with E-state index in [9.17, 15) is 9.59 Å². The lowest BCUT2D eigenvalue weighted by atomic mass is 9.70. The first-order valence-corrected chi connectivity index (χ1v) is 5.52. The summed E-state index contributed by atoms with van der Waals surface area (Å²) in [6, 6.07) is 0. The molecule has 0 spiro atoms. The highest BCUT2D eigenvalue weighted by atomic mass is 16.1. The average molecular weight is 196 g/mol. The summed E-state index contributed by atoms with van der Waals surface area (Å²) in [6.07, 6.45) is 3.69. The Morgan fingerprint density at radius 1 is 1.50 bits per heavy atom. The van der Waals surface area contributed by atoms with E-state index in [4.69, 9.17) is 0 Å². The maximum Gasteiger partial charge on any atom is 0.143 e. The molecule has 14 heavy (non-hydrogen) atoms. The fourth-order valence-electron chi connectivity index (χ4n) is 2.12. The molecular weight excluding hydrogens is 176 g/mol. The smallest absolute Gasteiger partial charge is 0.143 e. The Morgan fingerprint density at radius 3 is 2.71 bits per heavy atom. The van der Waals surface area contributed by atoms with E-state index in [1.807, 2.05) is 6.92 Å². The third-order valence-corrected chi connectivity index (χ3v) is 3.08. The van der Waals surface area contributed by atoms with Gasteiger partial charge >= 0.3 is 0 Å². The topological polar surface area (TPSA) is 34.1 Å². The second-order valence-corrected chi connectivity index (χ2v) is 5.10. The highest BCUT2D eigenvalue weighted by molar-refractivity contribution is 6.02.